The van der Waals surface area contributed by atoms with Crippen LogP contribution in [0.2, 0.25) is 0 Å². The van der Waals surface area contributed by atoms with Crippen LogP contribution in [0.25, 0.3) is 0 Å². The molecule has 1 unspecified atom stereocenters. The summed E-state index contributed by atoms with van der Waals surface area (Å²) in [7, 11) is 0. The highest BCUT2D eigenvalue weighted by Crippen LogP contribution is 2.27. The van der Waals surface area contributed by atoms with Crippen LogP contribution in [-0.2, 0) is 4.79 Å². The minimum absolute atomic E-state index is 0.655. The van der Waals surface area contributed by atoms with Crippen LogP contribution in [0.4, 0.5) is 0 Å². The summed E-state index contributed by atoms with van der Waals surface area (Å²) in [5.41, 5.74) is -0.655. The first-order chi connectivity index (χ1) is 6.61. The van der Waals surface area contributed by atoms with Crippen LogP contribution < -0.4 is 0 Å². The number of carbonyl (C=O) groups is 1. The Morgan fingerprint density at radius 3 is 2.86 bits per heavy atom. The third-order valence-electron chi connectivity index (χ3n) is 3.06. The molecule has 0 aromatic carbocycles. The van der Waals surface area contributed by atoms with Crippen LogP contribution in [0.15, 0.2) is 12.2 Å². The molecule has 80 valence electrons. The summed E-state index contributed by atoms with van der Waals surface area (Å²) in [6.07, 6.45) is 6.89. The maximum absolute atomic E-state index is 11.2. The highest BCUT2D eigenvalue weighted by molar-refractivity contribution is 5.78. The Kier molecular flexibility index (Phi) is 3.69. The number of carboxylic acids is 1. The van der Waals surface area contributed by atoms with Gasteiger partial charge in [-0.1, -0.05) is 12.2 Å². The second kappa shape index (κ2) is 4.60. The van der Waals surface area contributed by atoms with E-state index in [1.165, 1.54) is 0 Å². The van der Waals surface area contributed by atoms with Gasteiger partial charge in [0.2, 0.25) is 0 Å². The van der Waals surface area contributed by atoms with E-state index < -0.39 is 11.5 Å². The molecule has 3 nitrogen and oxygen atoms in total. The van der Waals surface area contributed by atoms with Gasteiger partial charge in [-0.3, -0.25) is 9.69 Å². The Balaban J connectivity index is 2.72. The van der Waals surface area contributed by atoms with Gasteiger partial charge in [0, 0.05) is 6.54 Å². The largest absolute Gasteiger partial charge is 0.480 e. The zero-order valence-electron chi connectivity index (χ0n) is 8.99. The van der Waals surface area contributed by atoms with E-state index in [0.29, 0.717) is 0 Å². The van der Waals surface area contributed by atoms with Crippen molar-refractivity contribution < 1.29 is 9.90 Å². The summed E-state index contributed by atoms with van der Waals surface area (Å²) >= 11 is 0. The van der Waals surface area contributed by atoms with Crippen molar-refractivity contribution in [3.05, 3.63) is 12.2 Å². The maximum Gasteiger partial charge on any atom is 0.323 e. The number of rotatable bonds is 3. The number of hydrogen-bond acceptors (Lipinski definition) is 2. The second-order valence-electron chi connectivity index (χ2n) is 4.05. The Labute approximate surface area is 85.4 Å². The molecule has 1 heterocycles. The Morgan fingerprint density at radius 2 is 2.29 bits per heavy atom. The van der Waals surface area contributed by atoms with Crippen molar-refractivity contribution in [1.82, 2.24) is 4.90 Å². The predicted octanol–water partition coefficient (Wildman–Crippen LogP) is 1.89. The minimum atomic E-state index is -0.693. The molecule has 0 spiro atoms. The highest BCUT2D eigenvalue weighted by Gasteiger charge is 2.40. The molecule has 0 aliphatic carbocycles. The van der Waals surface area contributed by atoms with Gasteiger partial charge in [0.15, 0.2) is 0 Å². The van der Waals surface area contributed by atoms with Crippen molar-refractivity contribution in [1.29, 1.82) is 0 Å². The van der Waals surface area contributed by atoms with Crippen molar-refractivity contribution in [2.24, 2.45) is 0 Å². The lowest BCUT2D eigenvalue weighted by atomic mass is 9.88. The number of hydrogen-bond donors (Lipinski definition) is 1. The van der Waals surface area contributed by atoms with E-state index in [1.807, 2.05) is 26.0 Å². The van der Waals surface area contributed by atoms with Crippen LogP contribution in [0.1, 0.15) is 33.1 Å². The molecule has 1 fully saturated rings. The van der Waals surface area contributed by atoms with Gasteiger partial charge in [-0.15, -0.1) is 0 Å². The molecule has 3 heteroatoms. The van der Waals surface area contributed by atoms with E-state index in [2.05, 4.69) is 4.90 Å². The lowest BCUT2D eigenvalue weighted by molar-refractivity contribution is -0.152. The molecular formula is C11H19NO2. The molecule has 0 aromatic heterocycles. The van der Waals surface area contributed by atoms with E-state index in [1.54, 1.807) is 0 Å². The van der Waals surface area contributed by atoms with Crippen LogP contribution in [-0.4, -0.2) is 34.6 Å². The summed E-state index contributed by atoms with van der Waals surface area (Å²) in [6, 6.07) is 0. The predicted molar refractivity (Wildman–Crippen MR) is 56.3 cm³/mol. The zero-order valence-corrected chi connectivity index (χ0v) is 8.99. The monoisotopic (exact) mass is 197 g/mol. The normalized spacial score (nSPS) is 29.6. The quantitative estimate of drug-likeness (QED) is 0.702. The van der Waals surface area contributed by atoms with Gasteiger partial charge in [0.05, 0.1) is 0 Å². The molecule has 0 aromatic rings. The van der Waals surface area contributed by atoms with Gasteiger partial charge in [-0.25, -0.2) is 0 Å². The van der Waals surface area contributed by atoms with E-state index in [4.69, 9.17) is 0 Å². The molecule has 1 aliphatic heterocycles. The van der Waals surface area contributed by atoms with Crippen molar-refractivity contribution in [3.63, 3.8) is 0 Å². The summed E-state index contributed by atoms with van der Waals surface area (Å²) in [4.78, 5) is 13.2. The standard InChI is InChI=1S/C11H19NO2/c1-3-4-8-12-9-6-5-7-11(12,2)10(13)14/h3-4H,5-9H2,1-2H3,(H,13,14)/b4-3+. The first-order valence-corrected chi connectivity index (χ1v) is 5.21. The van der Waals surface area contributed by atoms with E-state index in [-0.39, 0.29) is 0 Å². The van der Waals surface area contributed by atoms with Crippen molar-refractivity contribution in [3.8, 4) is 0 Å². The average molecular weight is 197 g/mol. The maximum atomic E-state index is 11.2. The average Bonchev–Trinajstić information content (AvgIpc) is 2.16. The summed E-state index contributed by atoms with van der Waals surface area (Å²) in [5, 5.41) is 9.20. The summed E-state index contributed by atoms with van der Waals surface area (Å²) in [5.74, 6) is -0.693. The summed E-state index contributed by atoms with van der Waals surface area (Å²) < 4.78 is 0. The van der Waals surface area contributed by atoms with E-state index in [0.717, 1.165) is 32.4 Å². The number of carboxylic acid groups (broad SMARTS) is 1. The molecule has 1 atom stereocenters. The molecule has 1 saturated heterocycles. The van der Waals surface area contributed by atoms with Gasteiger partial charge in [-0.05, 0) is 39.7 Å². The molecule has 14 heavy (non-hydrogen) atoms. The molecule has 0 bridgehead atoms. The van der Waals surface area contributed by atoms with Gasteiger partial charge in [-0.2, -0.15) is 0 Å². The Hall–Kier alpha value is -0.830. The fraction of sp³-hybridized carbons (Fsp3) is 0.727. The van der Waals surface area contributed by atoms with Crippen LogP contribution >= 0.6 is 0 Å². The van der Waals surface area contributed by atoms with Crippen molar-refractivity contribution in [2.45, 2.75) is 38.6 Å². The van der Waals surface area contributed by atoms with Crippen LogP contribution in [0.3, 0.4) is 0 Å². The topological polar surface area (TPSA) is 40.5 Å². The molecule has 1 rings (SSSR count). The first-order valence-electron chi connectivity index (χ1n) is 5.21. The second-order valence-corrected chi connectivity index (χ2v) is 4.05. The molecule has 0 amide bonds. The van der Waals surface area contributed by atoms with Crippen LogP contribution in [0.5, 0.6) is 0 Å². The fourth-order valence-corrected chi connectivity index (χ4v) is 1.94. The minimum Gasteiger partial charge on any atom is -0.480 e. The van der Waals surface area contributed by atoms with Crippen molar-refractivity contribution in [2.75, 3.05) is 13.1 Å². The SMILES string of the molecule is C/C=C/CN1CCCCC1(C)C(=O)O. The van der Waals surface area contributed by atoms with Gasteiger partial charge in [0.25, 0.3) is 0 Å². The smallest absolute Gasteiger partial charge is 0.323 e. The summed E-state index contributed by atoms with van der Waals surface area (Å²) in [6.45, 7) is 5.44. The van der Waals surface area contributed by atoms with Crippen molar-refractivity contribution >= 4 is 5.97 Å². The van der Waals surface area contributed by atoms with E-state index in [9.17, 15) is 9.90 Å². The number of likely N-dealkylation sites (tertiary alicyclic amines) is 1. The van der Waals surface area contributed by atoms with Crippen LogP contribution in [0, 0.1) is 0 Å². The lowest BCUT2D eigenvalue weighted by Crippen LogP contribution is -2.55. The van der Waals surface area contributed by atoms with E-state index >= 15 is 0 Å². The first kappa shape index (κ1) is 11.2. The fourth-order valence-electron chi connectivity index (χ4n) is 1.94. The number of piperidine rings is 1. The lowest BCUT2D eigenvalue weighted by Gasteiger charge is -2.41. The Morgan fingerprint density at radius 1 is 1.57 bits per heavy atom. The molecule has 0 saturated carbocycles. The number of nitrogens with zero attached hydrogens (tertiary/aromatic N) is 1. The van der Waals surface area contributed by atoms with Gasteiger partial charge in [0.1, 0.15) is 5.54 Å². The Bertz CT molecular complexity index is 237. The molecule has 1 aliphatic rings. The number of aliphatic carboxylic acids is 1. The van der Waals surface area contributed by atoms with Gasteiger partial charge >= 0.3 is 5.97 Å². The zero-order chi connectivity index (χ0) is 10.6. The molecule has 1 N–H and O–H groups in total. The van der Waals surface area contributed by atoms with Gasteiger partial charge < -0.3 is 5.11 Å². The third-order valence-corrected chi connectivity index (χ3v) is 3.06. The number of allylic oxidation sites excluding steroid dienone is 1. The third kappa shape index (κ3) is 2.15. The molecule has 0 radical (unpaired) electrons. The molecular weight excluding hydrogens is 178 g/mol. The highest BCUT2D eigenvalue weighted by atomic mass is 16.4.